The summed E-state index contributed by atoms with van der Waals surface area (Å²) in [6, 6.07) is 19.7. The molecule has 6 rings (SSSR count). The second-order valence-electron chi connectivity index (χ2n) is 9.10. The number of nitrogens with one attached hydrogen (secondary N) is 2. The van der Waals surface area contributed by atoms with Gasteiger partial charge in [0.2, 0.25) is 0 Å². The fraction of sp³-hybridized carbons (Fsp3) is 0.207. The first-order valence-electron chi connectivity index (χ1n) is 11.8. The van der Waals surface area contributed by atoms with E-state index in [1.54, 1.807) is 0 Å². The van der Waals surface area contributed by atoms with Crippen LogP contribution in [0.4, 0.5) is 11.4 Å². The molecule has 3 aromatic carbocycles. The van der Waals surface area contributed by atoms with Crippen molar-refractivity contribution in [1.82, 2.24) is 5.32 Å². The molecular weight excluding hydrogens is 421 g/mol. The molecule has 4 heteroatoms. The van der Waals surface area contributed by atoms with E-state index in [1.807, 2.05) is 0 Å². The number of hydrogen-bond donors (Lipinski definition) is 2. The highest BCUT2D eigenvalue weighted by atomic mass is 31.1. The van der Waals surface area contributed by atoms with E-state index in [1.165, 1.54) is 32.9 Å². The highest BCUT2D eigenvalue weighted by Gasteiger charge is 2.38. The average molecular weight is 450 g/mol. The molecule has 0 aromatic heterocycles. The van der Waals surface area contributed by atoms with E-state index in [2.05, 4.69) is 109 Å². The summed E-state index contributed by atoms with van der Waals surface area (Å²) >= 11 is 0. The maximum atomic E-state index is 5.43. The van der Waals surface area contributed by atoms with Gasteiger partial charge in [-0.1, -0.05) is 91.1 Å². The molecule has 3 aromatic rings. The summed E-state index contributed by atoms with van der Waals surface area (Å²) in [5.41, 5.74) is 5.75. The predicted octanol–water partition coefficient (Wildman–Crippen LogP) is 6.45. The summed E-state index contributed by atoms with van der Waals surface area (Å²) in [5, 5.41) is 11.7. The molecule has 0 saturated heterocycles. The Labute approximate surface area is 197 Å². The number of allylic oxidation sites excluding steroid dienone is 3. The highest BCUT2D eigenvalue weighted by Crippen LogP contribution is 2.47. The van der Waals surface area contributed by atoms with Crippen LogP contribution in [0.3, 0.4) is 0 Å². The first kappa shape index (κ1) is 20.6. The fourth-order valence-electron chi connectivity index (χ4n) is 5.14. The minimum Gasteiger partial charge on any atom is -0.360 e. The number of aliphatic imine (C=N–C) groups is 1. The number of hydrogen-bond acceptors (Lipinski definition) is 3. The van der Waals surface area contributed by atoms with Gasteiger partial charge < -0.3 is 5.32 Å². The van der Waals surface area contributed by atoms with Crippen molar-refractivity contribution in [3.63, 3.8) is 0 Å². The minimum absolute atomic E-state index is 0.274. The van der Waals surface area contributed by atoms with Crippen LogP contribution >= 0.6 is 8.58 Å². The first-order valence-corrected chi connectivity index (χ1v) is 12.8. The van der Waals surface area contributed by atoms with Gasteiger partial charge in [-0.05, 0) is 56.6 Å². The molecule has 2 N–H and O–H groups in total. The van der Waals surface area contributed by atoms with E-state index < -0.39 is 5.66 Å². The van der Waals surface area contributed by atoms with Gasteiger partial charge in [0.25, 0.3) is 0 Å². The zero-order chi connectivity index (χ0) is 22.3. The van der Waals surface area contributed by atoms with Crippen LogP contribution in [0.2, 0.25) is 0 Å². The average Bonchev–Trinajstić information content (AvgIpc) is 2.86. The molecule has 3 unspecified atom stereocenters. The van der Waals surface area contributed by atoms with Crippen molar-refractivity contribution in [3.05, 3.63) is 96.1 Å². The zero-order valence-corrected chi connectivity index (χ0v) is 19.8. The Hall–Kier alpha value is -3.00. The van der Waals surface area contributed by atoms with Gasteiger partial charge in [0.05, 0.1) is 16.8 Å². The van der Waals surface area contributed by atoms with Crippen LogP contribution in [0.5, 0.6) is 0 Å². The second-order valence-corrected chi connectivity index (χ2v) is 10.4. The summed E-state index contributed by atoms with van der Waals surface area (Å²) in [4.78, 5) is 5.43. The van der Waals surface area contributed by atoms with Crippen molar-refractivity contribution in [2.75, 3.05) is 5.32 Å². The minimum atomic E-state index is -0.432. The van der Waals surface area contributed by atoms with E-state index >= 15 is 0 Å². The van der Waals surface area contributed by atoms with Crippen LogP contribution < -0.4 is 15.9 Å². The molecule has 3 atom stereocenters. The quantitative estimate of drug-likeness (QED) is 0.449. The van der Waals surface area contributed by atoms with Gasteiger partial charge in [0, 0.05) is 11.4 Å². The van der Waals surface area contributed by atoms with Gasteiger partial charge in [-0.15, -0.1) is 0 Å². The van der Waals surface area contributed by atoms with Crippen LogP contribution in [0.15, 0.2) is 90.0 Å². The molecule has 0 fully saturated rings. The van der Waals surface area contributed by atoms with E-state index in [0.29, 0.717) is 8.58 Å². The number of nitrogens with zero attached hydrogens (tertiary/aromatic N) is 1. The van der Waals surface area contributed by atoms with Crippen molar-refractivity contribution < 1.29 is 0 Å². The lowest BCUT2D eigenvalue weighted by atomic mass is 9.88. The number of benzene rings is 3. The maximum Gasteiger partial charge on any atom is 0.130 e. The monoisotopic (exact) mass is 449 g/mol. The molecular formula is C29H28N3P. The largest absolute Gasteiger partial charge is 0.360 e. The Morgan fingerprint density at radius 1 is 1.00 bits per heavy atom. The van der Waals surface area contributed by atoms with Crippen molar-refractivity contribution in [2.24, 2.45) is 4.99 Å². The highest BCUT2D eigenvalue weighted by molar-refractivity contribution is 7.66. The molecule has 2 aliphatic carbocycles. The molecule has 0 spiro atoms. The molecule has 1 aliphatic heterocycles. The van der Waals surface area contributed by atoms with Crippen LogP contribution in [0.1, 0.15) is 30.9 Å². The summed E-state index contributed by atoms with van der Waals surface area (Å²) in [6.07, 6.45) is 16.4. The van der Waals surface area contributed by atoms with Crippen LogP contribution in [0, 0.1) is 0 Å². The lowest BCUT2D eigenvalue weighted by molar-refractivity contribution is 0.470. The van der Waals surface area contributed by atoms with Gasteiger partial charge in [-0.2, -0.15) is 0 Å². The number of fused-ring (bicyclic) bond motifs is 6. The molecule has 0 amide bonds. The molecule has 1 heterocycles. The molecule has 0 radical (unpaired) electrons. The number of anilines is 1. The lowest BCUT2D eigenvalue weighted by Gasteiger charge is -2.41. The Balaban J connectivity index is 1.53. The number of rotatable bonds is 4. The third kappa shape index (κ3) is 3.76. The topological polar surface area (TPSA) is 36.4 Å². The first-order chi connectivity index (χ1) is 16.2. The third-order valence-corrected chi connectivity index (χ3v) is 8.22. The smallest absolute Gasteiger partial charge is 0.130 e. The summed E-state index contributed by atoms with van der Waals surface area (Å²) < 4.78 is 0. The zero-order valence-electron chi connectivity index (χ0n) is 18.8. The summed E-state index contributed by atoms with van der Waals surface area (Å²) in [5.74, 6) is 0. The van der Waals surface area contributed by atoms with Crippen molar-refractivity contribution in [3.8, 4) is 0 Å². The Kier molecular flexibility index (Phi) is 5.25. The normalized spacial score (nSPS) is 23.4. The lowest BCUT2D eigenvalue weighted by Crippen LogP contribution is -2.59. The Bertz CT molecular complexity index is 1340. The summed E-state index contributed by atoms with van der Waals surface area (Å²) in [6.45, 7) is 2.26. The van der Waals surface area contributed by atoms with Crippen molar-refractivity contribution in [2.45, 2.75) is 37.9 Å². The molecule has 3 nitrogen and oxygen atoms in total. The fourth-order valence-corrected chi connectivity index (χ4v) is 6.32. The molecule has 0 bridgehead atoms. The molecule has 33 heavy (non-hydrogen) atoms. The van der Waals surface area contributed by atoms with E-state index in [9.17, 15) is 0 Å². The van der Waals surface area contributed by atoms with Gasteiger partial charge in [0.1, 0.15) is 5.66 Å². The summed E-state index contributed by atoms with van der Waals surface area (Å²) in [7, 11) is 0.487. The predicted molar refractivity (Wildman–Crippen MR) is 145 cm³/mol. The maximum absolute atomic E-state index is 5.43. The van der Waals surface area contributed by atoms with Gasteiger partial charge in [-0.3, -0.25) is 5.32 Å². The molecule has 3 aliphatic rings. The third-order valence-electron chi connectivity index (χ3n) is 6.75. The Morgan fingerprint density at radius 3 is 2.64 bits per heavy atom. The van der Waals surface area contributed by atoms with Crippen LogP contribution in [-0.2, 0) is 6.42 Å². The standard InChI is InChI=1S/C29H28N3P/c1-29(31-20-12-4-2-5-13-20)28(33-21-14-6-3-7-15-21)30-26-24-18-10-8-16-22(24)23-17-9-11-19-25(23)27(26)32-29/h2-10,12,14-18,20,31-33H,11,13,19H2,1H3. The van der Waals surface area contributed by atoms with Crippen LogP contribution in [0.25, 0.3) is 16.8 Å². The Morgan fingerprint density at radius 2 is 1.82 bits per heavy atom. The van der Waals surface area contributed by atoms with E-state index in [-0.39, 0.29) is 6.04 Å². The van der Waals surface area contributed by atoms with Gasteiger partial charge in [0.15, 0.2) is 0 Å². The van der Waals surface area contributed by atoms with E-state index in [0.717, 1.165) is 30.4 Å². The van der Waals surface area contributed by atoms with Gasteiger partial charge >= 0.3 is 0 Å². The second kappa shape index (κ2) is 8.41. The molecule has 0 saturated carbocycles. The van der Waals surface area contributed by atoms with E-state index in [4.69, 9.17) is 4.99 Å². The van der Waals surface area contributed by atoms with Gasteiger partial charge in [-0.25, -0.2) is 4.99 Å². The van der Waals surface area contributed by atoms with Crippen molar-refractivity contribution in [1.29, 1.82) is 0 Å². The van der Waals surface area contributed by atoms with Crippen molar-refractivity contribution >= 4 is 47.6 Å². The SMILES string of the molecule is CC1(NC2C=CC=CC2)Nc2c3c(c4ccccc4c2N=C1Pc1ccccc1)C=CCC3. The molecule has 164 valence electrons. The van der Waals surface area contributed by atoms with Crippen LogP contribution in [-0.4, -0.2) is 17.2 Å².